The van der Waals surface area contributed by atoms with Gasteiger partial charge in [-0.25, -0.2) is 4.68 Å². The van der Waals surface area contributed by atoms with Crippen molar-refractivity contribution in [1.29, 1.82) is 0 Å². The second-order valence-corrected chi connectivity index (χ2v) is 4.69. The van der Waals surface area contributed by atoms with Gasteiger partial charge in [-0.3, -0.25) is 4.79 Å². The van der Waals surface area contributed by atoms with Gasteiger partial charge in [0.05, 0.1) is 11.0 Å². The first-order valence-electron chi connectivity index (χ1n) is 5.91. The number of para-hydroxylation sites is 1. The van der Waals surface area contributed by atoms with E-state index in [0.717, 1.165) is 17.8 Å². The molecule has 1 aromatic heterocycles. The fourth-order valence-electron chi connectivity index (χ4n) is 1.94. The summed E-state index contributed by atoms with van der Waals surface area (Å²) in [6.07, 6.45) is 0.938. The van der Waals surface area contributed by atoms with E-state index in [1.165, 1.54) is 5.56 Å². The summed E-state index contributed by atoms with van der Waals surface area (Å²) < 4.78 is 1.84. The van der Waals surface area contributed by atoms with Crippen LogP contribution in [0.3, 0.4) is 0 Å². The molecule has 0 aliphatic heterocycles. The Morgan fingerprint density at radius 2 is 2.06 bits per heavy atom. The summed E-state index contributed by atoms with van der Waals surface area (Å²) in [4.78, 5) is 11.7. The third-order valence-electron chi connectivity index (χ3n) is 2.91. The number of aryl methyl sites for hydroxylation is 2. The zero-order valence-electron chi connectivity index (χ0n) is 10.5. The van der Waals surface area contributed by atoms with Gasteiger partial charge in [-0.05, 0) is 25.0 Å². The highest BCUT2D eigenvalue weighted by molar-refractivity contribution is 9.08. The van der Waals surface area contributed by atoms with E-state index in [9.17, 15) is 4.79 Å². The molecule has 18 heavy (non-hydrogen) atoms. The van der Waals surface area contributed by atoms with Crippen molar-refractivity contribution in [2.45, 2.75) is 25.6 Å². The SMILES string of the molecule is CCc1ccccc1-n1nc(CBr)c(=O)cc1C. The average Bonchev–Trinajstić information content (AvgIpc) is 2.39. The minimum absolute atomic E-state index is 0.0189. The smallest absolute Gasteiger partial charge is 0.204 e. The number of rotatable bonds is 3. The van der Waals surface area contributed by atoms with Crippen LogP contribution in [-0.2, 0) is 11.8 Å². The van der Waals surface area contributed by atoms with Gasteiger partial charge >= 0.3 is 0 Å². The predicted molar refractivity (Wildman–Crippen MR) is 76.6 cm³/mol. The Balaban J connectivity index is 2.67. The summed E-state index contributed by atoms with van der Waals surface area (Å²) >= 11 is 3.30. The summed E-state index contributed by atoms with van der Waals surface area (Å²) in [7, 11) is 0. The third kappa shape index (κ3) is 2.38. The van der Waals surface area contributed by atoms with E-state index >= 15 is 0 Å². The van der Waals surface area contributed by atoms with E-state index in [1.807, 2.05) is 29.8 Å². The van der Waals surface area contributed by atoms with Crippen LogP contribution in [0, 0.1) is 6.92 Å². The first-order chi connectivity index (χ1) is 8.67. The van der Waals surface area contributed by atoms with Crippen LogP contribution in [0.15, 0.2) is 35.1 Å². The van der Waals surface area contributed by atoms with Gasteiger partial charge in [0.1, 0.15) is 5.69 Å². The molecular weight excluding hydrogens is 292 g/mol. The number of benzene rings is 1. The molecular formula is C14H15BrN2O. The van der Waals surface area contributed by atoms with E-state index in [2.05, 4.69) is 34.0 Å². The molecule has 1 aromatic carbocycles. The molecule has 94 valence electrons. The normalized spacial score (nSPS) is 10.6. The molecule has 3 nitrogen and oxygen atoms in total. The number of nitrogens with zero attached hydrogens (tertiary/aromatic N) is 2. The van der Waals surface area contributed by atoms with E-state index < -0.39 is 0 Å². The number of hydrogen-bond acceptors (Lipinski definition) is 2. The van der Waals surface area contributed by atoms with Gasteiger partial charge < -0.3 is 0 Å². The molecule has 0 N–H and O–H groups in total. The summed E-state index contributed by atoms with van der Waals surface area (Å²) in [5.74, 6) is 0. The minimum Gasteiger partial charge on any atom is -0.288 e. The molecule has 0 aliphatic carbocycles. The lowest BCUT2D eigenvalue weighted by Gasteiger charge is -2.13. The topological polar surface area (TPSA) is 34.9 Å². The predicted octanol–water partition coefficient (Wildman–Crippen LogP) is 3.00. The molecule has 0 bridgehead atoms. The van der Waals surface area contributed by atoms with Crippen molar-refractivity contribution in [2.75, 3.05) is 0 Å². The molecule has 1 heterocycles. The molecule has 0 amide bonds. The molecule has 0 fully saturated rings. The maximum absolute atomic E-state index is 11.7. The largest absolute Gasteiger partial charge is 0.288 e. The first kappa shape index (κ1) is 13.0. The molecule has 0 atom stereocenters. The molecule has 0 saturated heterocycles. The van der Waals surface area contributed by atoms with E-state index in [4.69, 9.17) is 0 Å². The van der Waals surface area contributed by atoms with Gasteiger partial charge in [0.25, 0.3) is 0 Å². The van der Waals surface area contributed by atoms with Crippen molar-refractivity contribution in [1.82, 2.24) is 9.78 Å². The second-order valence-electron chi connectivity index (χ2n) is 4.12. The molecule has 0 radical (unpaired) electrons. The summed E-state index contributed by atoms with van der Waals surface area (Å²) in [5, 5.41) is 4.90. The lowest BCUT2D eigenvalue weighted by atomic mass is 10.1. The van der Waals surface area contributed by atoms with Gasteiger partial charge in [-0.15, -0.1) is 0 Å². The van der Waals surface area contributed by atoms with Crippen molar-refractivity contribution >= 4 is 15.9 Å². The molecule has 0 spiro atoms. The molecule has 0 unspecified atom stereocenters. The zero-order valence-corrected chi connectivity index (χ0v) is 12.1. The van der Waals surface area contributed by atoms with Crippen LogP contribution >= 0.6 is 15.9 Å². The van der Waals surface area contributed by atoms with Crippen LogP contribution in [0.1, 0.15) is 23.9 Å². The number of hydrogen-bond donors (Lipinski definition) is 0. The number of aromatic nitrogens is 2. The molecule has 2 rings (SSSR count). The fraction of sp³-hybridized carbons (Fsp3) is 0.286. The monoisotopic (exact) mass is 306 g/mol. The highest BCUT2D eigenvalue weighted by atomic mass is 79.9. The maximum Gasteiger partial charge on any atom is 0.204 e. The van der Waals surface area contributed by atoms with Gasteiger partial charge in [0.15, 0.2) is 0 Å². The van der Waals surface area contributed by atoms with Gasteiger partial charge in [0.2, 0.25) is 5.43 Å². The quantitative estimate of drug-likeness (QED) is 0.817. The first-order valence-corrected chi connectivity index (χ1v) is 7.03. The Hall–Kier alpha value is -1.42. The van der Waals surface area contributed by atoms with Crippen molar-refractivity contribution in [3.8, 4) is 5.69 Å². The minimum atomic E-state index is -0.0189. The van der Waals surface area contributed by atoms with Crippen LogP contribution in [-0.4, -0.2) is 9.78 Å². The average molecular weight is 307 g/mol. The Labute approximate surface area is 115 Å². The van der Waals surface area contributed by atoms with Crippen molar-refractivity contribution in [3.63, 3.8) is 0 Å². The summed E-state index contributed by atoms with van der Waals surface area (Å²) in [5.41, 5.74) is 3.63. The molecule has 0 saturated carbocycles. The Bertz CT molecular complexity index is 619. The van der Waals surface area contributed by atoms with E-state index in [1.54, 1.807) is 6.07 Å². The van der Waals surface area contributed by atoms with E-state index in [0.29, 0.717) is 11.0 Å². The van der Waals surface area contributed by atoms with Crippen LogP contribution < -0.4 is 5.43 Å². The maximum atomic E-state index is 11.7. The summed E-state index contributed by atoms with van der Waals surface area (Å²) in [6, 6.07) is 9.76. The number of alkyl halides is 1. The Kier molecular flexibility index (Phi) is 3.97. The van der Waals surface area contributed by atoms with Crippen LogP contribution in [0.2, 0.25) is 0 Å². The fourth-order valence-corrected chi connectivity index (χ4v) is 2.32. The third-order valence-corrected chi connectivity index (χ3v) is 3.44. The lowest BCUT2D eigenvalue weighted by Crippen LogP contribution is -2.18. The highest BCUT2D eigenvalue weighted by Crippen LogP contribution is 2.15. The van der Waals surface area contributed by atoms with Crippen molar-refractivity contribution in [2.24, 2.45) is 0 Å². The standard InChI is InChI=1S/C14H15BrN2O/c1-3-11-6-4-5-7-13(11)17-10(2)8-14(18)12(9-15)16-17/h4-8H,3,9H2,1-2H3. The second kappa shape index (κ2) is 5.48. The highest BCUT2D eigenvalue weighted by Gasteiger charge is 2.08. The van der Waals surface area contributed by atoms with Gasteiger partial charge in [0, 0.05) is 11.8 Å². The van der Waals surface area contributed by atoms with Gasteiger partial charge in [-0.2, -0.15) is 5.10 Å². The number of halogens is 1. The van der Waals surface area contributed by atoms with Crippen molar-refractivity contribution in [3.05, 3.63) is 57.5 Å². The van der Waals surface area contributed by atoms with Crippen LogP contribution in [0.4, 0.5) is 0 Å². The molecule has 2 aromatic rings. The summed E-state index contributed by atoms with van der Waals surface area (Å²) in [6.45, 7) is 4.01. The Morgan fingerprint density at radius 3 is 2.72 bits per heavy atom. The van der Waals surface area contributed by atoms with E-state index in [-0.39, 0.29) is 5.43 Å². The Morgan fingerprint density at radius 1 is 1.33 bits per heavy atom. The lowest BCUT2D eigenvalue weighted by molar-refractivity contribution is 0.766. The van der Waals surface area contributed by atoms with Gasteiger partial charge in [-0.1, -0.05) is 41.1 Å². The zero-order chi connectivity index (χ0) is 13.1. The van der Waals surface area contributed by atoms with Crippen LogP contribution in [0.25, 0.3) is 5.69 Å². The molecule has 0 aliphatic rings. The van der Waals surface area contributed by atoms with Crippen LogP contribution in [0.5, 0.6) is 0 Å². The molecule has 4 heteroatoms. The van der Waals surface area contributed by atoms with Crippen molar-refractivity contribution < 1.29 is 0 Å².